The molecule has 0 aliphatic carbocycles. The molecule has 1 N–H and O–H groups in total. The molecular formula is C16H15ClFNO2. The van der Waals surface area contributed by atoms with Gasteiger partial charge in [0.25, 0.3) is 0 Å². The van der Waals surface area contributed by atoms with Crippen molar-refractivity contribution in [2.75, 3.05) is 6.79 Å². The third-order valence-electron chi connectivity index (χ3n) is 3.53. The Labute approximate surface area is 127 Å². The number of fused-ring (bicyclic) bond motifs is 1. The van der Waals surface area contributed by atoms with Crippen molar-refractivity contribution in [1.29, 1.82) is 0 Å². The van der Waals surface area contributed by atoms with E-state index < -0.39 is 0 Å². The SMILES string of the molecule is CC(NCc1cccc(Cl)c1F)c1ccc2c(c1)OCO2. The van der Waals surface area contributed by atoms with E-state index in [1.165, 1.54) is 0 Å². The van der Waals surface area contributed by atoms with Crippen molar-refractivity contribution >= 4 is 11.6 Å². The first kappa shape index (κ1) is 14.2. The van der Waals surface area contributed by atoms with Crippen LogP contribution >= 0.6 is 11.6 Å². The largest absolute Gasteiger partial charge is 0.454 e. The minimum atomic E-state index is -0.371. The van der Waals surface area contributed by atoms with Crippen molar-refractivity contribution in [2.24, 2.45) is 0 Å². The molecule has 0 radical (unpaired) electrons. The predicted octanol–water partition coefficient (Wildman–Crippen LogP) is 4.06. The second-order valence-electron chi connectivity index (χ2n) is 4.93. The zero-order valence-electron chi connectivity index (χ0n) is 11.5. The Morgan fingerprint density at radius 1 is 1.24 bits per heavy atom. The molecule has 2 aromatic carbocycles. The fourth-order valence-corrected chi connectivity index (χ4v) is 2.44. The van der Waals surface area contributed by atoms with Crippen LogP contribution in [0.4, 0.5) is 4.39 Å². The van der Waals surface area contributed by atoms with E-state index in [0.717, 1.165) is 17.1 Å². The first-order valence-electron chi connectivity index (χ1n) is 6.71. The monoisotopic (exact) mass is 307 g/mol. The molecule has 0 spiro atoms. The van der Waals surface area contributed by atoms with Crippen LogP contribution in [0.1, 0.15) is 24.1 Å². The molecule has 3 nitrogen and oxygen atoms in total. The summed E-state index contributed by atoms with van der Waals surface area (Å²) < 4.78 is 24.5. The third-order valence-corrected chi connectivity index (χ3v) is 3.82. The van der Waals surface area contributed by atoms with Gasteiger partial charge in [0.2, 0.25) is 6.79 Å². The minimum Gasteiger partial charge on any atom is -0.454 e. The van der Waals surface area contributed by atoms with Crippen LogP contribution < -0.4 is 14.8 Å². The van der Waals surface area contributed by atoms with Gasteiger partial charge in [0.05, 0.1) is 5.02 Å². The zero-order valence-corrected chi connectivity index (χ0v) is 12.3. The lowest BCUT2D eigenvalue weighted by Crippen LogP contribution is -2.18. The Morgan fingerprint density at radius 2 is 2.05 bits per heavy atom. The first-order valence-corrected chi connectivity index (χ1v) is 7.09. The molecule has 1 heterocycles. The molecule has 21 heavy (non-hydrogen) atoms. The van der Waals surface area contributed by atoms with Crippen LogP contribution in [-0.4, -0.2) is 6.79 Å². The molecule has 2 aromatic rings. The summed E-state index contributed by atoms with van der Waals surface area (Å²) in [5, 5.41) is 3.42. The topological polar surface area (TPSA) is 30.5 Å². The number of rotatable bonds is 4. The molecule has 1 aliphatic heterocycles. The average molecular weight is 308 g/mol. The number of halogens is 2. The van der Waals surface area contributed by atoms with Crippen molar-refractivity contribution < 1.29 is 13.9 Å². The number of benzene rings is 2. The van der Waals surface area contributed by atoms with Gasteiger partial charge in [-0.05, 0) is 30.7 Å². The van der Waals surface area contributed by atoms with Gasteiger partial charge in [0, 0.05) is 18.2 Å². The minimum absolute atomic E-state index is 0.0536. The van der Waals surface area contributed by atoms with Crippen molar-refractivity contribution in [1.82, 2.24) is 5.32 Å². The maximum atomic E-state index is 13.8. The Morgan fingerprint density at radius 3 is 2.90 bits per heavy atom. The van der Waals surface area contributed by atoms with Gasteiger partial charge in [-0.1, -0.05) is 29.8 Å². The van der Waals surface area contributed by atoms with Crippen LogP contribution in [0.3, 0.4) is 0 Å². The smallest absolute Gasteiger partial charge is 0.231 e. The summed E-state index contributed by atoms with van der Waals surface area (Å²) >= 11 is 5.78. The van der Waals surface area contributed by atoms with Gasteiger partial charge in [0.1, 0.15) is 5.82 Å². The maximum absolute atomic E-state index is 13.8. The van der Waals surface area contributed by atoms with Crippen molar-refractivity contribution in [3.8, 4) is 11.5 Å². The van der Waals surface area contributed by atoms with Gasteiger partial charge >= 0.3 is 0 Å². The Kier molecular flexibility index (Phi) is 3.99. The molecule has 1 atom stereocenters. The fourth-order valence-electron chi connectivity index (χ4n) is 2.25. The number of hydrogen-bond acceptors (Lipinski definition) is 3. The second kappa shape index (κ2) is 5.92. The summed E-state index contributed by atoms with van der Waals surface area (Å²) in [6.07, 6.45) is 0. The number of hydrogen-bond donors (Lipinski definition) is 1. The molecule has 1 aliphatic rings. The van der Waals surface area contributed by atoms with E-state index in [1.807, 2.05) is 25.1 Å². The lowest BCUT2D eigenvalue weighted by atomic mass is 10.1. The Bertz CT molecular complexity index is 663. The maximum Gasteiger partial charge on any atom is 0.231 e. The highest BCUT2D eigenvalue weighted by atomic mass is 35.5. The molecular weight excluding hydrogens is 293 g/mol. The highest BCUT2D eigenvalue weighted by Gasteiger charge is 2.16. The van der Waals surface area contributed by atoms with E-state index in [4.69, 9.17) is 21.1 Å². The van der Waals surface area contributed by atoms with Gasteiger partial charge < -0.3 is 14.8 Å². The molecule has 1 unspecified atom stereocenters. The van der Waals surface area contributed by atoms with Gasteiger partial charge in [0.15, 0.2) is 11.5 Å². The van der Waals surface area contributed by atoms with Crippen LogP contribution in [-0.2, 0) is 6.54 Å². The lowest BCUT2D eigenvalue weighted by Gasteiger charge is -2.15. The second-order valence-corrected chi connectivity index (χ2v) is 5.34. The Balaban J connectivity index is 1.69. The van der Waals surface area contributed by atoms with E-state index >= 15 is 0 Å². The highest BCUT2D eigenvalue weighted by Crippen LogP contribution is 2.34. The lowest BCUT2D eigenvalue weighted by molar-refractivity contribution is 0.174. The molecule has 0 amide bonds. The molecule has 0 fully saturated rings. The summed E-state index contributed by atoms with van der Waals surface area (Å²) in [6.45, 7) is 2.68. The van der Waals surface area contributed by atoms with Crippen molar-refractivity contribution in [3.05, 3.63) is 58.4 Å². The zero-order chi connectivity index (χ0) is 14.8. The molecule has 0 aromatic heterocycles. The van der Waals surface area contributed by atoms with E-state index in [-0.39, 0.29) is 23.7 Å². The van der Waals surface area contributed by atoms with Gasteiger partial charge in [-0.3, -0.25) is 0 Å². The van der Waals surface area contributed by atoms with Crippen molar-refractivity contribution in [3.63, 3.8) is 0 Å². The fraction of sp³-hybridized carbons (Fsp3) is 0.250. The van der Waals surface area contributed by atoms with Gasteiger partial charge in [-0.15, -0.1) is 0 Å². The molecule has 0 saturated heterocycles. The quantitative estimate of drug-likeness (QED) is 0.924. The van der Waals surface area contributed by atoms with E-state index in [1.54, 1.807) is 18.2 Å². The molecule has 3 rings (SSSR count). The number of ether oxygens (including phenoxy) is 2. The van der Waals surface area contributed by atoms with Crippen LogP contribution in [0.2, 0.25) is 5.02 Å². The summed E-state index contributed by atoms with van der Waals surface area (Å²) in [6, 6.07) is 10.9. The molecule has 5 heteroatoms. The summed E-state index contributed by atoms with van der Waals surface area (Å²) in [5.41, 5.74) is 1.61. The summed E-state index contributed by atoms with van der Waals surface area (Å²) in [7, 11) is 0. The van der Waals surface area contributed by atoms with Crippen LogP contribution in [0.15, 0.2) is 36.4 Å². The van der Waals surface area contributed by atoms with E-state index in [2.05, 4.69) is 5.32 Å². The average Bonchev–Trinajstić information content (AvgIpc) is 2.96. The molecule has 0 saturated carbocycles. The van der Waals surface area contributed by atoms with Crippen LogP contribution in [0.5, 0.6) is 11.5 Å². The van der Waals surface area contributed by atoms with E-state index in [9.17, 15) is 4.39 Å². The molecule has 0 bridgehead atoms. The third kappa shape index (κ3) is 2.96. The van der Waals surface area contributed by atoms with Gasteiger partial charge in [-0.2, -0.15) is 0 Å². The standard InChI is InChI=1S/C16H15ClFNO2/c1-10(11-5-6-14-15(7-11)21-9-20-14)19-8-12-3-2-4-13(17)16(12)18/h2-7,10,19H,8-9H2,1H3. The van der Waals surface area contributed by atoms with Crippen LogP contribution in [0, 0.1) is 5.82 Å². The van der Waals surface area contributed by atoms with Crippen LogP contribution in [0.25, 0.3) is 0 Å². The molecule has 110 valence electrons. The predicted molar refractivity (Wildman–Crippen MR) is 79.2 cm³/mol. The first-order chi connectivity index (χ1) is 10.1. The number of nitrogens with one attached hydrogen (secondary N) is 1. The normalized spacial score (nSPS) is 14.2. The Hall–Kier alpha value is -1.78. The van der Waals surface area contributed by atoms with E-state index in [0.29, 0.717) is 12.1 Å². The summed E-state index contributed by atoms with van der Waals surface area (Å²) in [5.74, 6) is 1.13. The van der Waals surface area contributed by atoms with Gasteiger partial charge in [-0.25, -0.2) is 4.39 Å². The highest BCUT2D eigenvalue weighted by molar-refractivity contribution is 6.30. The van der Waals surface area contributed by atoms with Crippen molar-refractivity contribution in [2.45, 2.75) is 19.5 Å². The summed E-state index contributed by atoms with van der Waals surface area (Å²) in [4.78, 5) is 0.